The van der Waals surface area contributed by atoms with Crippen molar-refractivity contribution in [1.29, 1.82) is 0 Å². The predicted octanol–water partition coefficient (Wildman–Crippen LogP) is 5.43. The zero-order valence-corrected chi connectivity index (χ0v) is 14.5. The summed E-state index contributed by atoms with van der Waals surface area (Å²) in [6, 6.07) is 6.08. The average molecular weight is 312 g/mol. The smallest absolute Gasteiger partial charge is 0.137 e. The molecular weight excluding hydrogens is 282 g/mol. The van der Waals surface area contributed by atoms with E-state index in [-0.39, 0.29) is 0 Å². The number of hydrogen-bond acceptors (Lipinski definition) is 2. The highest BCUT2D eigenvalue weighted by Crippen LogP contribution is 2.25. The molecule has 3 heteroatoms. The quantitative estimate of drug-likeness (QED) is 0.550. The number of ether oxygens (including phenoxy) is 1. The number of rotatable bonds is 11. The van der Waals surface area contributed by atoms with E-state index in [0.717, 1.165) is 31.9 Å². The lowest BCUT2D eigenvalue weighted by Gasteiger charge is -2.11. The molecule has 0 amide bonds. The van der Waals surface area contributed by atoms with Gasteiger partial charge in [0.25, 0.3) is 0 Å². The van der Waals surface area contributed by atoms with E-state index in [4.69, 9.17) is 16.3 Å². The van der Waals surface area contributed by atoms with Gasteiger partial charge in [0.1, 0.15) is 5.75 Å². The van der Waals surface area contributed by atoms with Crippen LogP contribution in [0, 0.1) is 5.92 Å². The Kier molecular flexibility index (Phi) is 9.53. The lowest BCUT2D eigenvalue weighted by Crippen LogP contribution is -2.18. The molecule has 21 heavy (non-hydrogen) atoms. The number of unbranched alkanes of at least 4 members (excludes halogenated alkanes) is 4. The molecule has 0 fully saturated rings. The van der Waals surface area contributed by atoms with Crippen LogP contribution in [0.3, 0.4) is 0 Å². The summed E-state index contributed by atoms with van der Waals surface area (Å²) < 4.78 is 5.76. The van der Waals surface area contributed by atoms with Crippen molar-refractivity contribution in [1.82, 2.24) is 5.32 Å². The highest BCUT2D eigenvalue weighted by Gasteiger charge is 2.03. The molecule has 0 heterocycles. The maximum Gasteiger partial charge on any atom is 0.137 e. The fraction of sp³-hybridized carbons (Fsp3) is 0.667. The second-order valence-electron chi connectivity index (χ2n) is 6.05. The van der Waals surface area contributed by atoms with Crippen LogP contribution in [-0.4, -0.2) is 13.2 Å². The van der Waals surface area contributed by atoms with Gasteiger partial charge in [-0.2, -0.15) is 0 Å². The van der Waals surface area contributed by atoms with Crippen LogP contribution in [-0.2, 0) is 6.54 Å². The molecule has 0 saturated carbocycles. The van der Waals surface area contributed by atoms with Gasteiger partial charge in [-0.05, 0) is 36.6 Å². The van der Waals surface area contributed by atoms with Gasteiger partial charge >= 0.3 is 0 Å². The minimum Gasteiger partial charge on any atom is -0.492 e. The lowest BCUT2D eigenvalue weighted by atomic mass is 10.1. The Bertz CT molecular complexity index is 393. The molecule has 0 saturated heterocycles. The molecule has 0 aromatic heterocycles. The van der Waals surface area contributed by atoms with Gasteiger partial charge in [0.05, 0.1) is 11.6 Å². The van der Waals surface area contributed by atoms with E-state index in [1.807, 2.05) is 12.1 Å². The Morgan fingerprint density at radius 3 is 2.57 bits per heavy atom. The van der Waals surface area contributed by atoms with Crippen LogP contribution in [0.1, 0.15) is 58.4 Å². The minimum atomic E-state index is 0.663. The van der Waals surface area contributed by atoms with E-state index in [0.29, 0.717) is 10.9 Å². The van der Waals surface area contributed by atoms with E-state index < -0.39 is 0 Å². The zero-order valence-electron chi connectivity index (χ0n) is 13.8. The molecule has 1 aromatic carbocycles. The second-order valence-corrected chi connectivity index (χ2v) is 6.46. The summed E-state index contributed by atoms with van der Waals surface area (Å²) >= 11 is 6.28. The Morgan fingerprint density at radius 2 is 1.90 bits per heavy atom. The molecule has 2 nitrogen and oxygen atoms in total. The number of benzene rings is 1. The van der Waals surface area contributed by atoms with Crippen molar-refractivity contribution in [3.05, 3.63) is 28.8 Å². The molecule has 0 aliphatic carbocycles. The summed E-state index contributed by atoms with van der Waals surface area (Å²) in [5, 5.41) is 4.14. The first kappa shape index (κ1) is 18.3. The Balaban J connectivity index is 2.29. The normalized spacial score (nSPS) is 11.1. The van der Waals surface area contributed by atoms with Gasteiger partial charge in [0, 0.05) is 6.54 Å². The van der Waals surface area contributed by atoms with Crippen molar-refractivity contribution in [2.45, 2.75) is 59.4 Å². The van der Waals surface area contributed by atoms with Gasteiger partial charge < -0.3 is 10.1 Å². The molecular formula is C18H30ClNO. The van der Waals surface area contributed by atoms with Gasteiger partial charge in [-0.3, -0.25) is 0 Å². The first-order valence-electron chi connectivity index (χ1n) is 8.25. The average Bonchev–Trinajstić information content (AvgIpc) is 2.44. The molecule has 0 unspecified atom stereocenters. The highest BCUT2D eigenvalue weighted by atomic mass is 35.5. The molecule has 0 radical (unpaired) electrons. The molecule has 120 valence electrons. The molecule has 0 atom stereocenters. The maximum atomic E-state index is 6.28. The maximum absolute atomic E-state index is 6.28. The molecule has 1 N–H and O–H groups in total. The first-order valence-corrected chi connectivity index (χ1v) is 8.63. The third-order valence-electron chi connectivity index (χ3n) is 3.38. The fourth-order valence-corrected chi connectivity index (χ4v) is 2.42. The van der Waals surface area contributed by atoms with E-state index in [9.17, 15) is 0 Å². The van der Waals surface area contributed by atoms with E-state index in [1.54, 1.807) is 0 Å². The van der Waals surface area contributed by atoms with Crippen molar-refractivity contribution in [3.63, 3.8) is 0 Å². The van der Waals surface area contributed by atoms with Gasteiger partial charge in [-0.1, -0.05) is 64.1 Å². The third-order valence-corrected chi connectivity index (χ3v) is 3.68. The molecule has 0 aliphatic rings. The molecule has 0 aliphatic heterocycles. The zero-order chi connectivity index (χ0) is 15.5. The first-order chi connectivity index (χ1) is 10.1. The second kappa shape index (κ2) is 10.9. The van der Waals surface area contributed by atoms with Crippen LogP contribution in [0.15, 0.2) is 18.2 Å². The summed E-state index contributed by atoms with van der Waals surface area (Å²) in [7, 11) is 0. The van der Waals surface area contributed by atoms with Gasteiger partial charge in [0.15, 0.2) is 0 Å². The van der Waals surface area contributed by atoms with Gasteiger partial charge in [-0.25, -0.2) is 0 Å². The number of nitrogens with one attached hydrogen (secondary N) is 1. The number of halogens is 1. The summed E-state index contributed by atoms with van der Waals surface area (Å²) in [6.07, 6.45) is 6.24. The van der Waals surface area contributed by atoms with E-state index in [2.05, 4.69) is 32.2 Å². The summed E-state index contributed by atoms with van der Waals surface area (Å²) in [4.78, 5) is 0. The van der Waals surface area contributed by atoms with Crippen LogP contribution in [0.25, 0.3) is 0 Å². The summed E-state index contributed by atoms with van der Waals surface area (Å²) in [5.74, 6) is 1.47. The lowest BCUT2D eigenvalue weighted by molar-refractivity contribution is 0.304. The van der Waals surface area contributed by atoms with Crippen LogP contribution < -0.4 is 10.1 Å². The molecule has 1 aromatic rings. The Hall–Kier alpha value is -0.730. The predicted molar refractivity (Wildman–Crippen MR) is 92.3 cm³/mol. The Labute approximate surface area is 135 Å². The van der Waals surface area contributed by atoms with Crippen molar-refractivity contribution in [3.8, 4) is 5.75 Å². The van der Waals surface area contributed by atoms with Gasteiger partial charge in [-0.15, -0.1) is 0 Å². The third kappa shape index (κ3) is 8.33. The molecule has 0 bridgehead atoms. The molecule has 0 spiro atoms. The van der Waals surface area contributed by atoms with Crippen LogP contribution in [0.5, 0.6) is 5.75 Å². The van der Waals surface area contributed by atoms with Crippen molar-refractivity contribution < 1.29 is 4.74 Å². The van der Waals surface area contributed by atoms with Crippen LogP contribution >= 0.6 is 11.6 Å². The largest absolute Gasteiger partial charge is 0.492 e. The topological polar surface area (TPSA) is 21.3 Å². The van der Waals surface area contributed by atoms with Crippen molar-refractivity contribution in [2.24, 2.45) is 5.92 Å². The summed E-state index contributed by atoms with van der Waals surface area (Å²) in [5.41, 5.74) is 1.20. The van der Waals surface area contributed by atoms with Crippen molar-refractivity contribution in [2.75, 3.05) is 13.2 Å². The van der Waals surface area contributed by atoms with E-state index in [1.165, 1.54) is 31.2 Å². The minimum absolute atomic E-state index is 0.663. The SMILES string of the molecule is CCCCCCCOc1ccc(CNCC(C)C)cc1Cl. The fourth-order valence-electron chi connectivity index (χ4n) is 2.16. The monoisotopic (exact) mass is 311 g/mol. The van der Waals surface area contributed by atoms with Gasteiger partial charge in [0.2, 0.25) is 0 Å². The molecule has 1 rings (SSSR count). The standard InChI is InChI=1S/C18H30ClNO/c1-4-5-6-7-8-11-21-18-10-9-16(12-17(18)19)14-20-13-15(2)3/h9-10,12,15,20H,4-8,11,13-14H2,1-3H3. The van der Waals surface area contributed by atoms with E-state index >= 15 is 0 Å². The Morgan fingerprint density at radius 1 is 1.14 bits per heavy atom. The van der Waals surface area contributed by atoms with Crippen LogP contribution in [0.2, 0.25) is 5.02 Å². The highest BCUT2D eigenvalue weighted by molar-refractivity contribution is 6.32. The van der Waals surface area contributed by atoms with Crippen molar-refractivity contribution >= 4 is 11.6 Å². The summed E-state index contributed by atoms with van der Waals surface area (Å²) in [6.45, 7) is 9.28. The number of hydrogen-bond donors (Lipinski definition) is 1. The van der Waals surface area contributed by atoms with Crippen LogP contribution in [0.4, 0.5) is 0 Å².